The van der Waals surface area contributed by atoms with Crippen molar-refractivity contribution in [3.63, 3.8) is 0 Å². The Morgan fingerprint density at radius 3 is 2.10 bits per heavy atom. The summed E-state index contributed by atoms with van der Waals surface area (Å²) in [5, 5.41) is 3.00. The minimum absolute atomic E-state index is 0.174. The van der Waals surface area contributed by atoms with Crippen LogP contribution in [-0.4, -0.2) is 34.5 Å². The van der Waals surface area contributed by atoms with Crippen LogP contribution in [0, 0.1) is 0 Å². The van der Waals surface area contributed by atoms with E-state index in [0.717, 1.165) is 25.1 Å². The number of amides is 2. The number of rotatable bonds is 5. The number of nitrogens with zero attached hydrogens (tertiary/aromatic N) is 3. The van der Waals surface area contributed by atoms with Crippen molar-refractivity contribution in [2.45, 2.75) is 18.7 Å². The molecule has 1 N–H and O–H groups in total. The highest BCUT2D eigenvalue weighted by atomic mass is 32.2. The molecule has 1 aromatic heterocycles. The SMILES string of the molecule is CC(=O)N(C(C)=O)S(=O)(=O)c1ccc(Nc2nccc(-c3ccccc3)n2)cc1. The van der Waals surface area contributed by atoms with Gasteiger partial charge in [-0.15, -0.1) is 0 Å². The van der Waals surface area contributed by atoms with E-state index in [2.05, 4.69) is 15.3 Å². The molecule has 0 unspecified atom stereocenters. The van der Waals surface area contributed by atoms with Crippen molar-refractivity contribution < 1.29 is 18.0 Å². The number of hydrogen-bond acceptors (Lipinski definition) is 7. The number of anilines is 2. The fourth-order valence-electron chi connectivity index (χ4n) is 2.69. The van der Waals surface area contributed by atoms with Crippen molar-refractivity contribution in [1.82, 2.24) is 14.3 Å². The fraction of sp³-hybridized carbons (Fsp3) is 0.100. The molecule has 148 valence electrons. The minimum Gasteiger partial charge on any atom is -0.324 e. The van der Waals surface area contributed by atoms with Crippen LogP contribution in [0.15, 0.2) is 71.8 Å². The molecule has 0 saturated carbocycles. The van der Waals surface area contributed by atoms with Crippen LogP contribution in [0.2, 0.25) is 0 Å². The van der Waals surface area contributed by atoms with Crippen LogP contribution in [0.3, 0.4) is 0 Å². The lowest BCUT2D eigenvalue weighted by Gasteiger charge is -2.17. The standard InChI is InChI=1S/C20H18N4O4S/c1-14(25)24(15(2)26)29(27,28)18-10-8-17(9-11-18)22-20-21-13-12-19(23-20)16-6-4-3-5-7-16/h3-13H,1-2H3,(H,21,22,23). The second-order valence-electron chi connectivity index (χ2n) is 6.09. The van der Waals surface area contributed by atoms with Crippen LogP contribution in [0.4, 0.5) is 11.6 Å². The van der Waals surface area contributed by atoms with E-state index in [0.29, 0.717) is 11.6 Å². The third kappa shape index (κ3) is 4.46. The molecule has 0 fully saturated rings. The second-order valence-corrected chi connectivity index (χ2v) is 7.88. The summed E-state index contributed by atoms with van der Waals surface area (Å²) in [5.74, 6) is -1.40. The maximum atomic E-state index is 12.5. The van der Waals surface area contributed by atoms with Gasteiger partial charge in [-0.05, 0) is 30.3 Å². The van der Waals surface area contributed by atoms with E-state index in [9.17, 15) is 18.0 Å². The van der Waals surface area contributed by atoms with Crippen molar-refractivity contribution in [1.29, 1.82) is 0 Å². The van der Waals surface area contributed by atoms with Crippen LogP contribution in [0.1, 0.15) is 13.8 Å². The van der Waals surface area contributed by atoms with Crippen LogP contribution >= 0.6 is 0 Å². The Hall–Kier alpha value is -3.59. The molecule has 0 aliphatic rings. The molecule has 0 atom stereocenters. The molecule has 0 spiro atoms. The van der Waals surface area contributed by atoms with Crippen molar-refractivity contribution in [3.8, 4) is 11.3 Å². The van der Waals surface area contributed by atoms with E-state index < -0.39 is 21.8 Å². The molecular formula is C20H18N4O4S. The average molecular weight is 410 g/mol. The van der Waals surface area contributed by atoms with Gasteiger partial charge in [0.05, 0.1) is 10.6 Å². The molecular weight excluding hydrogens is 392 g/mol. The van der Waals surface area contributed by atoms with E-state index in [1.807, 2.05) is 30.3 Å². The molecule has 8 nitrogen and oxygen atoms in total. The number of aromatic nitrogens is 2. The topological polar surface area (TPSA) is 109 Å². The molecule has 0 radical (unpaired) electrons. The monoisotopic (exact) mass is 410 g/mol. The van der Waals surface area contributed by atoms with Gasteiger partial charge < -0.3 is 5.32 Å². The van der Waals surface area contributed by atoms with Crippen LogP contribution in [0.25, 0.3) is 11.3 Å². The van der Waals surface area contributed by atoms with Gasteiger partial charge in [-0.25, -0.2) is 18.4 Å². The number of carbonyl (C=O) groups is 2. The number of benzene rings is 2. The predicted octanol–water partition coefficient (Wildman–Crippen LogP) is 2.97. The highest BCUT2D eigenvalue weighted by Crippen LogP contribution is 2.22. The second kappa shape index (κ2) is 8.19. The number of imide groups is 1. The lowest BCUT2D eigenvalue weighted by atomic mass is 10.1. The van der Waals surface area contributed by atoms with E-state index in [-0.39, 0.29) is 9.20 Å². The Morgan fingerprint density at radius 2 is 1.52 bits per heavy atom. The summed E-state index contributed by atoms with van der Waals surface area (Å²) in [5.41, 5.74) is 2.22. The third-order valence-corrected chi connectivity index (χ3v) is 5.81. The first-order chi connectivity index (χ1) is 13.8. The summed E-state index contributed by atoms with van der Waals surface area (Å²) in [6.07, 6.45) is 1.62. The molecule has 3 rings (SSSR count). The largest absolute Gasteiger partial charge is 0.324 e. The van der Waals surface area contributed by atoms with E-state index in [1.165, 1.54) is 24.3 Å². The zero-order chi connectivity index (χ0) is 21.0. The smallest absolute Gasteiger partial charge is 0.273 e. The maximum absolute atomic E-state index is 12.5. The quantitative estimate of drug-likeness (QED) is 0.688. The highest BCUT2D eigenvalue weighted by Gasteiger charge is 2.30. The van der Waals surface area contributed by atoms with Crippen LogP contribution in [-0.2, 0) is 19.6 Å². The zero-order valence-electron chi connectivity index (χ0n) is 15.7. The summed E-state index contributed by atoms with van der Waals surface area (Å²) in [6, 6.07) is 17.0. The number of nitrogens with one attached hydrogen (secondary N) is 1. The first-order valence-electron chi connectivity index (χ1n) is 8.61. The highest BCUT2D eigenvalue weighted by molar-refractivity contribution is 7.90. The predicted molar refractivity (Wildman–Crippen MR) is 108 cm³/mol. The summed E-state index contributed by atoms with van der Waals surface area (Å²) < 4.78 is 25.3. The fourth-order valence-corrected chi connectivity index (χ4v) is 4.06. The first kappa shape index (κ1) is 20.2. The lowest BCUT2D eigenvalue weighted by Crippen LogP contribution is -2.38. The minimum atomic E-state index is -4.26. The number of sulfonamides is 1. The van der Waals surface area contributed by atoms with E-state index >= 15 is 0 Å². The molecule has 0 aliphatic heterocycles. The summed E-state index contributed by atoms with van der Waals surface area (Å²) in [7, 11) is -4.26. The summed E-state index contributed by atoms with van der Waals surface area (Å²) in [4.78, 5) is 31.6. The molecule has 2 amide bonds. The Balaban J connectivity index is 1.83. The lowest BCUT2D eigenvalue weighted by molar-refractivity contribution is -0.135. The van der Waals surface area contributed by atoms with Gasteiger partial charge in [0.25, 0.3) is 10.0 Å². The normalized spacial score (nSPS) is 11.0. The van der Waals surface area contributed by atoms with Gasteiger partial charge >= 0.3 is 0 Å². The van der Waals surface area contributed by atoms with Crippen LogP contribution < -0.4 is 5.32 Å². The molecule has 9 heteroatoms. The Morgan fingerprint density at radius 1 is 0.897 bits per heavy atom. The van der Waals surface area contributed by atoms with Gasteiger partial charge in [0.1, 0.15) is 0 Å². The third-order valence-electron chi connectivity index (χ3n) is 3.95. The van der Waals surface area contributed by atoms with Gasteiger partial charge in [-0.1, -0.05) is 30.3 Å². The Kier molecular flexibility index (Phi) is 5.69. The molecule has 0 aliphatic carbocycles. The Labute approximate surface area is 168 Å². The molecule has 3 aromatic rings. The first-order valence-corrected chi connectivity index (χ1v) is 10.0. The average Bonchev–Trinajstić information content (AvgIpc) is 2.68. The van der Waals surface area contributed by atoms with Gasteiger partial charge in [0.2, 0.25) is 17.8 Å². The van der Waals surface area contributed by atoms with E-state index in [4.69, 9.17) is 0 Å². The molecule has 0 saturated heterocycles. The zero-order valence-corrected chi connectivity index (χ0v) is 16.6. The van der Waals surface area contributed by atoms with Gasteiger partial charge in [-0.3, -0.25) is 9.59 Å². The molecule has 29 heavy (non-hydrogen) atoms. The molecule has 1 heterocycles. The number of carbonyl (C=O) groups excluding carboxylic acids is 2. The maximum Gasteiger partial charge on any atom is 0.273 e. The molecule has 2 aromatic carbocycles. The van der Waals surface area contributed by atoms with Crippen molar-refractivity contribution in [2.75, 3.05) is 5.32 Å². The Bertz CT molecular complexity index is 1130. The van der Waals surface area contributed by atoms with Gasteiger partial charge in [0.15, 0.2) is 0 Å². The molecule has 0 bridgehead atoms. The van der Waals surface area contributed by atoms with Crippen LogP contribution in [0.5, 0.6) is 0 Å². The summed E-state index contributed by atoms with van der Waals surface area (Å²) in [6.45, 7) is 2.04. The van der Waals surface area contributed by atoms with Crippen molar-refractivity contribution >= 4 is 33.5 Å². The van der Waals surface area contributed by atoms with Gasteiger partial charge in [-0.2, -0.15) is 4.31 Å². The van der Waals surface area contributed by atoms with Crippen molar-refractivity contribution in [2.24, 2.45) is 0 Å². The number of hydrogen-bond donors (Lipinski definition) is 1. The van der Waals surface area contributed by atoms with E-state index in [1.54, 1.807) is 12.3 Å². The van der Waals surface area contributed by atoms with Crippen molar-refractivity contribution in [3.05, 3.63) is 66.9 Å². The summed E-state index contributed by atoms with van der Waals surface area (Å²) >= 11 is 0. The van der Waals surface area contributed by atoms with Gasteiger partial charge in [0, 0.05) is 31.3 Å².